The fourth-order valence-corrected chi connectivity index (χ4v) is 3.31. The SMILES string of the molecule is [C-]#[N+][C@H](Cc1ccccc1)S(=O)(=O)c1ccc(C)cc1. The highest BCUT2D eigenvalue weighted by Crippen LogP contribution is 2.21. The van der Waals surface area contributed by atoms with E-state index in [-0.39, 0.29) is 11.3 Å². The van der Waals surface area contributed by atoms with Crippen LogP contribution in [0.15, 0.2) is 59.5 Å². The average Bonchev–Trinajstić information content (AvgIpc) is 2.46. The van der Waals surface area contributed by atoms with Crippen LogP contribution >= 0.6 is 0 Å². The van der Waals surface area contributed by atoms with Crippen LogP contribution in [0.5, 0.6) is 0 Å². The Morgan fingerprint density at radius 2 is 1.65 bits per heavy atom. The summed E-state index contributed by atoms with van der Waals surface area (Å²) in [6.45, 7) is 9.10. The molecule has 0 bridgehead atoms. The molecule has 0 aliphatic heterocycles. The molecule has 0 unspecified atom stereocenters. The first-order chi connectivity index (χ1) is 9.54. The molecule has 0 aliphatic carbocycles. The van der Waals surface area contributed by atoms with Gasteiger partial charge >= 0.3 is 5.37 Å². The van der Waals surface area contributed by atoms with E-state index in [1.54, 1.807) is 24.3 Å². The second-order valence-electron chi connectivity index (χ2n) is 4.63. The zero-order chi connectivity index (χ0) is 14.6. The van der Waals surface area contributed by atoms with Gasteiger partial charge in [-0.05, 0) is 24.6 Å². The predicted octanol–water partition coefficient (Wildman–Crippen LogP) is 3.26. The Morgan fingerprint density at radius 1 is 1.05 bits per heavy atom. The summed E-state index contributed by atoms with van der Waals surface area (Å²) in [5, 5.41) is -1.08. The summed E-state index contributed by atoms with van der Waals surface area (Å²) in [6, 6.07) is 15.8. The summed E-state index contributed by atoms with van der Waals surface area (Å²) in [4.78, 5) is 3.52. The van der Waals surface area contributed by atoms with Crippen molar-refractivity contribution in [1.29, 1.82) is 0 Å². The predicted molar refractivity (Wildman–Crippen MR) is 78.9 cm³/mol. The fraction of sp³-hybridized carbons (Fsp3) is 0.188. The molecule has 0 saturated carbocycles. The van der Waals surface area contributed by atoms with Gasteiger partial charge in [-0.3, -0.25) is 4.85 Å². The summed E-state index contributed by atoms with van der Waals surface area (Å²) in [5.41, 5.74) is 1.84. The standard InChI is InChI=1S/C16H15NO2S/c1-13-8-10-15(11-9-13)20(18,19)16(17-2)12-14-6-4-3-5-7-14/h3-11,16H,12H2,1H3/t16-/m0/s1. The summed E-state index contributed by atoms with van der Waals surface area (Å²) < 4.78 is 24.9. The van der Waals surface area contributed by atoms with Crippen molar-refractivity contribution in [1.82, 2.24) is 0 Å². The van der Waals surface area contributed by atoms with E-state index in [1.165, 1.54) is 0 Å². The van der Waals surface area contributed by atoms with E-state index in [0.717, 1.165) is 11.1 Å². The van der Waals surface area contributed by atoms with Crippen molar-refractivity contribution in [3.63, 3.8) is 0 Å². The Balaban J connectivity index is 2.31. The van der Waals surface area contributed by atoms with Gasteiger partial charge in [-0.1, -0.05) is 48.0 Å². The van der Waals surface area contributed by atoms with Gasteiger partial charge in [-0.15, -0.1) is 0 Å². The van der Waals surface area contributed by atoms with Crippen molar-refractivity contribution < 1.29 is 8.42 Å². The van der Waals surface area contributed by atoms with Gasteiger partial charge < -0.3 is 0 Å². The number of aryl methyl sites for hydroxylation is 1. The molecule has 102 valence electrons. The zero-order valence-corrected chi connectivity index (χ0v) is 12.0. The van der Waals surface area contributed by atoms with Crippen molar-refractivity contribution in [2.75, 3.05) is 0 Å². The van der Waals surface area contributed by atoms with Gasteiger partial charge in [0.2, 0.25) is 0 Å². The van der Waals surface area contributed by atoms with E-state index in [0.29, 0.717) is 0 Å². The van der Waals surface area contributed by atoms with Crippen molar-refractivity contribution in [2.45, 2.75) is 23.6 Å². The molecule has 0 N–H and O–H groups in total. The normalized spacial score (nSPS) is 12.6. The third-order valence-corrected chi connectivity index (χ3v) is 5.02. The Labute approximate surface area is 119 Å². The van der Waals surface area contributed by atoms with Crippen LogP contribution in [-0.4, -0.2) is 13.8 Å². The molecular weight excluding hydrogens is 270 g/mol. The first-order valence-electron chi connectivity index (χ1n) is 6.25. The van der Waals surface area contributed by atoms with Crippen molar-refractivity contribution in [3.8, 4) is 0 Å². The number of nitrogens with zero attached hydrogens (tertiary/aromatic N) is 1. The molecule has 0 aromatic heterocycles. The van der Waals surface area contributed by atoms with Gasteiger partial charge in [0.05, 0.1) is 11.3 Å². The van der Waals surface area contributed by atoms with Crippen LogP contribution in [-0.2, 0) is 16.3 Å². The Kier molecular flexibility index (Phi) is 4.21. The molecule has 4 heteroatoms. The van der Waals surface area contributed by atoms with Gasteiger partial charge in [0.15, 0.2) is 0 Å². The maximum atomic E-state index is 12.5. The van der Waals surface area contributed by atoms with Gasteiger partial charge in [0, 0.05) is 0 Å². The first-order valence-corrected chi connectivity index (χ1v) is 7.80. The Hall–Kier alpha value is -2.12. The lowest BCUT2D eigenvalue weighted by Gasteiger charge is -2.08. The van der Waals surface area contributed by atoms with Crippen LogP contribution in [0, 0.1) is 13.5 Å². The molecule has 0 heterocycles. The summed E-state index contributed by atoms with van der Waals surface area (Å²) in [5.74, 6) is 0. The third kappa shape index (κ3) is 3.06. The molecule has 2 aromatic carbocycles. The van der Waals surface area contributed by atoms with Gasteiger partial charge in [-0.25, -0.2) is 15.0 Å². The highest BCUT2D eigenvalue weighted by atomic mass is 32.2. The molecule has 0 spiro atoms. The number of hydrogen-bond donors (Lipinski definition) is 0. The summed E-state index contributed by atoms with van der Waals surface area (Å²) in [6.07, 6.45) is 0.209. The van der Waals surface area contributed by atoms with Crippen LogP contribution in [0.1, 0.15) is 11.1 Å². The quantitative estimate of drug-likeness (QED) is 0.809. The first kappa shape index (κ1) is 14.3. The molecular formula is C16H15NO2S. The maximum Gasteiger partial charge on any atom is 0.329 e. The second kappa shape index (κ2) is 5.89. The van der Waals surface area contributed by atoms with E-state index in [4.69, 9.17) is 6.57 Å². The Morgan fingerprint density at radius 3 is 2.20 bits per heavy atom. The largest absolute Gasteiger partial charge is 0.329 e. The van der Waals surface area contributed by atoms with Crippen LogP contribution in [0.2, 0.25) is 0 Å². The number of rotatable bonds is 4. The molecule has 0 radical (unpaired) electrons. The minimum Gasteiger partial charge on any atom is -0.296 e. The molecule has 1 atom stereocenters. The van der Waals surface area contributed by atoms with Crippen LogP contribution in [0.3, 0.4) is 0 Å². The summed E-state index contributed by atoms with van der Waals surface area (Å²) >= 11 is 0. The molecule has 0 amide bonds. The Bertz CT molecular complexity index is 713. The number of hydrogen-bond acceptors (Lipinski definition) is 2. The summed E-state index contributed by atoms with van der Waals surface area (Å²) in [7, 11) is -3.62. The third-order valence-electron chi connectivity index (χ3n) is 3.10. The zero-order valence-electron chi connectivity index (χ0n) is 11.2. The minimum atomic E-state index is -3.62. The van der Waals surface area contributed by atoms with Gasteiger partial charge in [-0.2, -0.15) is 0 Å². The minimum absolute atomic E-state index is 0.208. The van der Waals surface area contributed by atoms with E-state index in [1.807, 2.05) is 37.3 Å². The van der Waals surface area contributed by atoms with Gasteiger partial charge in [0.1, 0.15) is 0 Å². The molecule has 2 rings (SSSR count). The highest BCUT2D eigenvalue weighted by molar-refractivity contribution is 7.92. The van der Waals surface area contributed by atoms with E-state index < -0.39 is 15.2 Å². The maximum absolute atomic E-state index is 12.5. The van der Waals surface area contributed by atoms with Crippen LogP contribution in [0.25, 0.3) is 4.85 Å². The van der Waals surface area contributed by atoms with E-state index in [9.17, 15) is 8.42 Å². The lowest BCUT2D eigenvalue weighted by Crippen LogP contribution is -2.20. The number of sulfone groups is 1. The molecule has 0 fully saturated rings. The molecule has 3 nitrogen and oxygen atoms in total. The molecule has 2 aromatic rings. The topological polar surface area (TPSA) is 38.5 Å². The lowest BCUT2D eigenvalue weighted by molar-refractivity contribution is 0.587. The molecule has 20 heavy (non-hydrogen) atoms. The van der Waals surface area contributed by atoms with Crippen molar-refractivity contribution >= 4 is 9.84 Å². The smallest absolute Gasteiger partial charge is 0.296 e. The highest BCUT2D eigenvalue weighted by Gasteiger charge is 2.32. The number of benzene rings is 2. The fourth-order valence-electron chi connectivity index (χ4n) is 1.93. The van der Waals surface area contributed by atoms with Gasteiger partial charge in [0.25, 0.3) is 9.84 Å². The lowest BCUT2D eigenvalue weighted by atomic mass is 10.1. The molecule has 0 aliphatic rings. The van der Waals surface area contributed by atoms with E-state index >= 15 is 0 Å². The molecule has 0 saturated heterocycles. The van der Waals surface area contributed by atoms with Crippen LogP contribution in [0.4, 0.5) is 0 Å². The monoisotopic (exact) mass is 285 g/mol. The van der Waals surface area contributed by atoms with Crippen molar-refractivity contribution in [2.24, 2.45) is 0 Å². The van der Waals surface area contributed by atoms with Crippen LogP contribution < -0.4 is 0 Å². The van der Waals surface area contributed by atoms with E-state index in [2.05, 4.69) is 4.85 Å². The van der Waals surface area contributed by atoms with Crippen molar-refractivity contribution in [3.05, 3.63) is 77.1 Å². The average molecular weight is 285 g/mol. The second-order valence-corrected chi connectivity index (χ2v) is 6.74.